The Bertz CT molecular complexity index is 1040. The second kappa shape index (κ2) is 6.62. The fourth-order valence-corrected chi connectivity index (χ4v) is 4.41. The standard InChI is InChI=1S/C21H23NO2S/c1-14-11-16(3)21(12-15(14)2)17(4)22-25(23,24)20-10-9-18-7-5-6-8-19(18)13-20/h5-13,17,22H,1-4H3/t17-/m1/s1. The number of nitrogens with one attached hydrogen (secondary N) is 1. The van der Waals surface area contributed by atoms with E-state index in [0.29, 0.717) is 4.90 Å². The van der Waals surface area contributed by atoms with Crippen LogP contribution in [0.4, 0.5) is 0 Å². The van der Waals surface area contributed by atoms with Gasteiger partial charge in [-0.15, -0.1) is 0 Å². The molecule has 0 bridgehead atoms. The van der Waals surface area contributed by atoms with Crippen molar-refractivity contribution in [2.75, 3.05) is 0 Å². The average molecular weight is 353 g/mol. The van der Waals surface area contributed by atoms with Crippen LogP contribution in [0.2, 0.25) is 0 Å². The van der Waals surface area contributed by atoms with E-state index in [0.717, 1.165) is 27.5 Å². The number of rotatable bonds is 4. The molecule has 3 aromatic carbocycles. The number of hydrogen-bond acceptors (Lipinski definition) is 2. The Balaban J connectivity index is 1.93. The normalized spacial score (nSPS) is 13.1. The van der Waals surface area contributed by atoms with E-state index < -0.39 is 10.0 Å². The van der Waals surface area contributed by atoms with Gasteiger partial charge in [0.05, 0.1) is 4.90 Å². The van der Waals surface area contributed by atoms with E-state index in [1.807, 2.05) is 51.1 Å². The first kappa shape index (κ1) is 17.6. The lowest BCUT2D eigenvalue weighted by molar-refractivity contribution is 0.566. The van der Waals surface area contributed by atoms with Crippen molar-refractivity contribution in [2.24, 2.45) is 0 Å². The second-order valence-electron chi connectivity index (χ2n) is 6.64. The number of hydrogen-bond donors (Lipinski definition) is 1. The van der Waals surface area contributed by atoms with Crippen LogP contribution in [0.25, 0.3) is 10.8 Å². The molecule has 130 valence electrons. The van der Waals surface area contributed by atoms with E-state index in [4.69, 9.17) is 0 Å². The van der Waals surface area contributed by atoms with Crippen molar-refractivity contribution >= 4 is 20.8 Å². The van der Waals surface area contributed by atoms with Crippen molar-refractivity contribution in [2.45, 2.75) is 38.6 Å². The highest BCUT2D eigenvalue weighted by Crippen LogP contribution is 2.24. The molecule has 0 aliphatic heterocycles. The van der Waals surface area contributed by atoms with Gasteiger partial charge in [0.2, 0.25) is 10.0 Å². The summed E-state index contributed by atoms with van der Waals surface area (Å²) in [5.41, 5.74) is 4.48. The highest BCUT2D eigenvalue weighted by Gasteiger charge is 2.20. The molecule has 0 aliphatic carbocycles. The minimum atomic E-state index is -3.59. The SMILES string of the molecule is Cc1cc(C)c([C@@H](C)NS(=O)(=O)c2ccc3ccccc3c2)cc1C. The summed E-state index contributed by atoms with van der Waals surface area (Å²) < 4.78 is 28.4. The number of sulfonamides is 1. The van der Waals surface area contributed by atoms with Gasteiger partial charge in [-0.25, -0.2) is 13.1 Å². The Morgan fingerprint density at radius 2 is 1.44 bits per heavy atom. The molecule has 0 spiro atoms. The zero-order valence-electron chi connectivity index (χ0n) is 15.0. The second-order valence-corrected chi connectivity index (χ2v) is 8.36. The highest BCUT2D eigenvalue weighted by atomic mass is 32.2. The molecule has 0 saturated heterocycles. The molecule has 0 amide bonds. The maximum absolute atomic E-state index is 12.8. The van der Waals surface area contributed by atoms with Gasteiger partial charge in [0.25, 0.3) is 0 Å². The minimum Gasteiger partial charge on any atom is -0.207 e. The van der Waals surface area contributed by atoms with Crippen LogP contribution in [0.5, 0.6) is 0 Å². The Morgan fingerprint density at radius 1 is 0.800 bits per heavy atom. The predicted octanol–water partition coefficient (Wildman–Crippen LogP) is 4.80. The maximum Gasteiger partial charge on any atom is 0.241 e. The first-order valence-electron chi connectivity index (χ1n) is 8.37. The molecule has 1 atom stereocenters. The molecule has 0 aliphatic rings. The van der Waals surface area contributed by atoms with E-state index in [2.05, 4.69) is 23.8 Å². The van der Waals surface area contributed by atoms with E-state index >= 15 is 0 Å². The quantitative estimate of drug-likeness (QED) is 0.732. The topological polar surface area (TPSA) is 46.2 Å². The summed E-state index contributed by atoms with van der Waals surface area (Å²) >= 11 is 0. The summed E-state index contributed by atoms with van der Waals surface area (Å²) in [4.78, 5) is 0.291. The van der Waals surface area contributed by atoms with Crippen LogP contribution in [-0.2, 0) is 10.0 Å². The Morgan fingerprint density at radius 3 is 2.16 bits per heavy atom. The molecule has 0 unspecified atom stereocenters. The summed E-state index contributed by atoms with van der Waals surface area (Å²) in [5, 5.41) is 1.94. The van der Waals surface area contributed by atoms with Crippen LogP contribution in [-0.4, -0.2) is 8.42 Å². The lowest BCUT2D eigenvalue weighted by atomic mass is 9.97. The van der Waals surface area contributed by atoms with Gasteiger partial charge in [-0.2, -0.15) is 0 Å². The number of benzene rings is 3. The lowest BCUT2D eigenvalue weighted by Gasteiger charge is -2.18. The van der Waals surface area contributed by atoms with Crippen molar-refractivity contribution in [1.82, 2.24) is 4.72 Å². The molecule has 1 N–H and O–H groups in total. The fourth-order valence-electron chi connectivity index (χ4n) is 3.15. The van der Waals surface area contributed by atoms with Crippen molar-refractivity contribution in [1.29, 1.82) is 0 Å². The molecule has 0 saturated carbocycles. The summed E-state index contributed by atoms with van der Waals surface area (Å²) in [5.74, 6) is 0. The minimum absolute atomic E-state index is 0.291. The van der Waals surface area contributed by atoms with Crippen LogP contribution in [0.1, 0.15) is 35.2 Å². The van der Waals surface area contributed by atoms with Gasteiger partial charge in [-0.05, 0) is 72.9 Å². The molecule has 25 heavy (non-hydrogen) atoms. The Labute approximate surface area is 149 Å². The Hall–Kier alpha value is -2.17. The molecule has 0 heterocycles. The number of fused-ring (bicyclic) bond motifs is 1. The zero-order chi connectivity index (χ0) is 18.2. The molecule has 3 aromatic rings. The largest absolute Gasteiger partial charge is 0.241 e. The van der Waals surface area contributed by atoms with Crippen LogP contribution >= 0.6 is 0 Å². The lowest BCUT2D eigenvalue weighted by Crippen LogP contribution is -2.27. The summed E-state index contributed by atoms with van der Waals surface area (Å²) in [6.45, 7) is 8.01. The van der Waals surface area contributed by atoms with E-state index in [-0.39, 0.29) is 6.04 Å². The van der Waals surface area contributed by atoms with E-state index in [9.17, 15) is 8.42 Å². The van der Waals surface area contributed by atoms with Crippen molar-refractivity contribution < 1.29 is 8.42 Å². The molecular weight excluding hydrogens is 330 g/mol. The van der Waals surface area contributed by atoms with Crippen molar-refractivity contribution in [3.63, 3.8) is 0 Å². The Kier molecular flexibility index (Phi) is 4.67. The molecule has 0 radical (unpaired) electrons. The summed E-state index contributed by atoms with van der Waals surface area (Å²) in [7, 11) is -3.59. The van der Waals surface area contributed by atoms with Gasteiger partial charge in [0, 0.05) is 6.04 Å². The van der Waals surface area contributed by atoms with Gasteiger partial charge >= 0.3 is 0 Å². The third kappa shape index (κ3) is 3.60. The highest BCUT2D eigenvalue weighted by molar-refractivity contribution is 7.89. The van der Waals surface area contributed by atoms with Crippen LogP contribution in [0.15, 0.2) is 59.5 Å². The molecule has 3 nitrogen and oxygen atoms in total. The molecule has 3 rings (SSSR count). The first-order valence-corrected chi connectivity index (χ1v) is 9.85. The zero-order valence-corrected chi connectivity index (χ0v) is 15.8. The third-order valence-electron chi connectivity index (χ3n) is 4.71. The van der Waals surface area contributed by atoms with Crippen LogP contribution in [0, 0.1) is 20.8 Å². The monoisotopic (exact) mass is 353 g/mol. The molecule has 0 fully saturated rings. The summed E-state index contributed by atoms with van der Waals surface area (Å²) in [6, 6.07) is 16.8. The van der Waals surface area contributed by atoms with Gasteiger partial charge in [-0.1, -0.05) is 42.5 Å². The van der Waals surface area contributed by atoms with Gasteiger partial charge in [0.1, 0.15) is 0 Å². The van der Waals surface area contributed by atoms with Crippen LogP contribution < -0.4 is 4.72 Å². The van der Waals surface area contributed by atoms with Crippen LogP contribution in [0.3, 0.4) is 0 Å². The van der Waals surface area contributed by atoms with Gasteiger partial charge in [0.15, 0.2) is 0 Å². The van der Waals surface area contributed by atoms with Crippen molar-refractivity contribution in [3.05, 3.63) is 76.9 Å². The smallest absolute Gasteiger partial charge is 0.207 e. The summed E-state index contributed by atoms with van der Waals surface area (Å²) in [6.07, 6.45) is 0. The average Bonchev–Trinajstić information content (AvgIpc) is 2.57. The first-order chi connectivity index (χ1) is 11.8. The maximum atomic E-state index is 12.8. The van der Waals surface area contributed by atoms with Crippen molar-refractivity contribution in [3.8, 4) is 0 Å². The number of aryl methyl sites for hydroxylation is 3. The van der Waals surface area contributed by atoms with E-state index in [1.54, 1.807) is 12.1 Å². The van der Waals surface area contributed by atoms with Gasteiger partial charge in [-0.3, -0.25) is 0 Å². The van der Waals surface area contributed by atoms with E-state index in [1.165, 1.54) is 5.56 Å². The molecule has 0 aromatic heterocycles. The molecule has 4 heteroatoms. The third-order valence-corrected chi connectivity index (χ3v) is 6.25. The molecular formula is C21H23NO2S. The predicted molar refractivity (Wildman–Crippen MR) is 103 cm³/mol. The van der Waals surface area contributed by atoms with Gasteiger partial charge < -0.3 is 0 Å². The fraction of sp³-hybridized carbons (Fsp3) is 0.238.